The number of anilines is 3. The van der Waals surface area contributed by atoms with Crippen LogP contribution in [0.4, 0.5) is 17.1 Å². The van der Waals surface area contributed by atoms with Gasteiger partial charge in [0.05, 0.1) is 21.9 Å². The number of benzene rings is 9. The molecule has 0 radical (unpaired) electrons. The first-order chi connectivity index (χ1) is 33.8. The first-order valence-electron chi connectivity index (χ1n) is 24.2. The molecule has 0 saturated carbocycles. The molecule has 0 fully saturated rings. The SMILES string of the molecule is C1=CCC(C2(c3cccc(N(c4ccccc4)c4ccc(-n5c6ccccc6c6c7ccccc7ccc65)cc4)c3)c3ccccc3C3(c4ccccc4)c4c(cccc42)C2=CC=CCC23)C=C1. The summed E-state index contributed by atoms with van der Waals surface area (Å²) in [4.78, 5) is 2.44. The summed E-state index contributed by atoms with van der Waals surface area (Å²) in [5.41, 5.74) is 17.3. The number of rotatable bonds is 7. The van der Waals surface area contributed by atoms with Gasteiger partial charge in [0.25, 0.3) is 0 Å². The van der Waals surface area contributed by atoms with Crippen molar-refractivity contribution in [3.63, 3.8) is 0 Å². The van der Waals surface area contributed by atoms with Gasteiger partial charge in [-0.05, 0) is 135 Å². The molecule has 2 nitrogen and oxygen atoms in total. The van der Waals surface area contributed by atoms with Crippen molar-refractivity contribution in [2.75, 3.05) is 4.90 Å². The molecule has 0 saturated heterocycles. The molecule has 322 valence electrons. The second kappa shape index (κ2) is 15.2. The molecule has 9 aromatic carbocycles. The van der Waals surface area contributed by atoms with E-state index in [9.17, 15) is 0 Å². The molecule has 2 heteroatoms. The zero-order valence-electron chi connectivity index (χ0n) is 37.7. The lowest BCUT2D eigenvalue weighted by Crippen LogP contribution is -2.49. The molecule has 4 unspecified atom stereocenters. The van der Waals surface area contributed by atoms with E-state index in [1.807, 2.05) is 0 Å². The van der Waals surface area contributed by atoms with Crippen molar-refractivity contribution >= 4 is 55.2 Å². The van der Waals surface area contributed by atoms with Crippen LogP contribution in [0.15, 0.2) is 255 Å². The highest BCUT2D eigenvalue weighted by Crippen LogP contribution is 2.68. The lowest BCUT2D eigenvalue weighted by molar-refractivity contribution is 0.389. The summed E-state index contributed by atoms with van der Waals surface area (Å²) in [5.74, 6) is 0.462. The Kier molecular flexibility index (Phi) is 8.70. The fraction of sp³-hybridized carbons (Fsp3) is 0.0909. The van der Waals surface area contributed by atoms with E-state index in [0.29, 0.717) is 0 Å². The Bertz CT molecular complexity index is 3760. The second-order valence-corrected chi connectivity index (χ2v) is 19.0. The molecule has 4 atom stereocenters. The van der Waals surface area contributed by atoms with E-state index < -0.39 is 5.41 Å². The van der Waals surface area contributed by atoms with Crippen LogP contribution in [0.3, 0.4) is 0 Å². The van der Waals surface area contributed by atoms with Crippen molar-refractivity contribution in [3.05, 3.63) is 294 Å². The maximum absolute atomic E-state index is 2.51. The van der Waals surface area contributed by atoms with E-state index in [0.717, 1.165) is 35.6 Å². The highest BCUT2D eigenvalue weighted by Gasteiger charge is 2.61. The second-order valence-electron chi connectivity index (χ2n) is 19.0. The van der Waals surface area contributed by atoms with Gasteiger partial charge in [0.1, 0.15) is 0 Å². The Hall–Kier alpha value is -8.20. The maximum Gasteiger partial charge on any atom is 0.0547 e. The number of nitrogens with zero attached hydrogens (tertiary/aromatic N) is 2. The molecular formula is C66H48N2. The van der Waals surface area contributed by atoms with E-state index in [-0.39, 0.29) is 17.3 Å². The molecule has 0 spiro atoms. The normalized spacial score (nSPS) is 20.9. The van der Waals surface area contributed by atoms with Crippen molar-refractivity contribution in [1.29, 1.82) is 0 Å². The van der Waals surface area contributed by atoms with Gasteiger partial charge in [0.15, 0.2) is 0 Å². The summed E-state index contributed by atoms with van der Waals surface area (Å²) in [6.45, 7) is 0. The van der Waals surface area contributed by atoms with Gasteiger partial charge in [-0.25, -0.2) is 0 Å². The van der Waals surface area contributed by atoms with Crippen molar-refractivity contribution in [1.82, 2.24) is 4.57 Å². The van der Waals surface area contributed by atoms with Crippen LogP contribution in [0.2, 0.25) is 0 Å². The molecule has 4 aliphatic carbocycles. The predicted molar refractivity (Wildman–Crippen MR) is 284 cm³/mol. The van der Waals surface area contributed by atoms with Crippen LogP contribution >= 0.6 is 0 Å². The average molecular weight is 869 g/mol. The summed E-state index contributed by atoms with van der Waals surface area (Å²) in [6, 6.07) is 80.0. The van der Waals surface area contributed by atoms with Crippen LogP contribution < -0.4 is 4.90 Å². The quantitative estimate of drug-likeness (QED) is 0.155. The average Bonchev–Trinajstić information content (AvgIpc) is 3.92. The summed E-state index contributed by atoms with van der Waals surface area (Å²) in [5, 5.41) is 5.10. The van der Waals surface area contributed by atoms with Crippen molar-refractivity contribution in [3.8, 4) is 5.69 Å². The van der Waals surface area contributed by atoms with Gasteiger partial charge in [-0.1, -0.05) is 194 Å². The monoisotopic (exact) mass is 868 g/mol. The lowest BCUT2D eigenvalue weighted by Gasteiger charge is -2.53. The number of aromatic nitrogens is 1. The Morgan fingerprint density at radius 1 is 0.456 bits per heavy atom. The Morgan fingerprint density at radius 3 is 1.94 bits per heavy atom. The molecule has 10 aromatic rings. The van der Waals surface area contributed by atoms with E-state index in [2.05, 4.69) is 264 Å². The summed E-state index contributed by atoms with van der Waals surface area (Å²) in [7, 11) is 0. The van der Waals surface area contributed by atoms with Crippen LogP contribution in [0.1, 0.15) is 51.8 Å². The van der Waals surface area contributed by atoms with E-state index in [1.165, 1.54) is 77.1 Å². The van der Waals surface area contributed by atoms with Crippen molar-refractivity contribution in [2.24, 2.45) is 11.8 Å². The Balaban J connectivity index is 0.984. The van der Waals surface area contributed by atoms with E-state index in [4.69, 9.17) is 0 Å². The number of para-hydroxylation sites is 2. The highest BCUT2D eigenvalue weighted by atomic mass is 15.1. The van der Waals surface area contributed by atoms with Gasteiger partial charge >= 0.3 is 0 Å². The molecule has 1 heterocycles. The zero-order chi connectivity index (χ0) is 44.8. The minimum absolute atomic E-state index is 0.173. The zero-order valence-corrected chi connectivity index (χ0v) is 37.7. The molecule has 0 aliphatic heterocycles. The molecule has 0 N–H and O–H groups in total. The first-order valence-corrected chi connectivity index (χ1v) is 24.2. The maximum atomic E-state index is 2.51. The summed E-state index contributed by atoms with van der Waals surface area (Å²) in [6.07, 6.45) is 18.4. The number of hydrogen-bond acceptors (Lipinski definition) is 1. The standard InChI is InChI=1S/C66H48N2/c1-4-21-46(22-5-1)65(58-34-15-16-35-59(58)66(47-23-6-2-7-24-47)57-33-14-12-30-54(57)55-32-19-36-60(65)64(55)66)48-25-18-28-52(44-48)67(49-26-8-3-9-27-49)50-39-41-51(42-40-50)68-61-37-17-13-31-56(61)63-53-29-11-10-20-45(53)38-43-62(63)68/h1-21,23-32,34-44,46,57H,22,33H2. The molecule has 4 aliphatic rings. The first kappa shape index (κ1) is 39.0. The third-order valence-corrected chi connectivity index (χ3v) is 15.9. The smallest absolute Gasteiger partial charge is 0.0547 e. The number of allylic oxidation sites excluding steroid dienone is 8. The summed E-state index contributed by atoms with van der Waals surface area (Å²) >= 11 is 0. The third kappa shape index (κ3) is 5.34. The van der Waals surface area contributed by atoms with Crippen molar-refractivity contribution < 1.29 is 0 Å². The van der Waals surface area contributed by atoms with Gasteiger partial charge in [0.2, 0.25) is 0 Å². The molecule has 0 bridgehead atoms. The Labute approximate surface area is 397 Å². The molecule has 14 rings (SSSR count). The Morgan fingerprint density at radius 2 is 1.12 bits per heavy atom. The van der Waals surface area contributed by atoms with Crippen LogP contribution in [-0.4, -0.2) is 4.57 Å². The van der Waals surface area contributed by atoms with Gasteiger partial charge in [-0.2, -0.15) is 0 Å². The minimum Gasteiger partial charge on any atom is -0.310 e. The van der Waals surface area contributed by atoms with Crippen LogP contribution in [0, 0.1) is 11.8 Å². The van der Waals surface area contributed by atoms with E-state index in [1.54, 1.807) is 0 Å². The van der Waals surface area contributed by atoms with Crippen LogP contribution in [0.5, 0.6) is 0 Å². The lowest BCUT2D eigenvalue weighted by atomic mass is 9.48. The predicted octanol–water partition coefficient (Wildman–Crippen LogP) is 16.5. The highest BCUT2D eigenvalue weighted by molar-refractivity contribution is 6.21. The largest absolute Gasteiger partial charge is 0.310 e. The van der Waals surface area contributed by atoms with Gasteiger partial charge in [-0.15, -0.1) is 0 Å². The van der Waals surface area contributed by atoms with Crippen LogP contribution in [0.25, 0.3) is 43.8 Å². The third-order valence-electron chi connectivity index (χ3n) is 15.9. The fourth-order valence-electron chi connectivity index (χ4n) is 13.4. The summed E-state index contributed by atoms with van der Waals surface area (Å²) < 4.78 is 2.43. The van der Waals surface area contributed by atoms with E-state index >= 15 is 0 Å². The van der Waals surface area contributed by atoms with Gasteiger partial charge in [-0.3, -0.25) is 0 Å². The fourth-order valence-corrected chi connectivity index (χ4v) is 13.4. The molecule has 1 aromatic heterocycles. The molecular weight excluding hydrogens is 821 g/mol. The minimum atomic E-state index is -0.494. The topological polar surface area (TPSA) is 8.17 Å². The number of fused-ring (bicyclic) bond motifs is 10. The number of hydrogen-bond donors (Lipinski definition) is 0. The van der Waals surface area contributed by atoms with Gasteiger partial charge < -0.3 is 9.47 Å². The molecule has 68 heavy (non-hydrogen) atoms. The van der Waals surface area contributed by atoms with Crippen molar-refractivity contribution in [2.45, 2.75) is 23.7 Å². The van der Waals surface area contributed by atoms with Gasteiger partial charge in [0, 0.05) is 39.4 Å². The molecule has 0 amide bonds. The van der Waals surface area contributed by atoms with Crippen LogP contribution in [-0.2, 0) is 10.8 Å².